The first kappa shape index (κ1) is 15.8. The SMILES string of the molecule is C=CCc1c(O)ccc(CCCCC)c1C(C)(C)C. The summed E-state index contributed by atoms with van der Waals surface area (Å²) < 4.78 is 0. The highest BCUT2D eigenvalue weighted by atomic mass is 16.3. The van der Waals surface area contributed by atoms with Crippen molar-refractivity contribution in [1.29, 1.82) is 0 Å². The zero-order chi connectivity index (χ0) is 14.5. The van der Waals surface area contributed by atoms with Crippen LogP contribution in [-0.4, -0.2) is 5.11 Å². The van der Waals surface area contributed by atoms with Gasteiger partial charge in [0.15, 0.2) is 0 Å². The molecule has 0 saturated carbocycles. The third-order valence-electron chi connectivity index (χ3n) is 3.52. The zero-order valence-corrected chi connectivity index (χ0v) is 12.9. The zero-order valence-electron chi connectivity index (χ0n) is 12.9. The maximum Gasteiger partial charge on any atom is 0.119 e. The number of phenolic OH excluding ortho intramolecular Hbond substituents is 1. The highest BCUT2D eigenvalue weighted by Gasteiger charge is 2.23. The Hall–Kier alpha value is -1.24. The molecule has 1 rings (SSSR count). The quantitative estimate of drug-likeness (QED) is 0.554. The van der Waals surface area contributed by atoms with Crippen LogP contribution in [0.1, 0.15) is 63.6 Å². The van der Waals surface area contributed by atoms with Gasteiger partial charge in [-0.1, -0.05) is 52.7 Å². The lowest BCUT2D eigenvalue weighted by Gasteiger charge is -2.27. The molecular formula is C18H28O. The molecule has 0 aliphatic carbocycles. The van der Waals surface area contributed by atoms with Crippen LogP contribution in [0.2, 0.25) is 0 Å². The van der Waals surface area contributed by atoms with Crippen molar-refractivity contribution in [3.05, 3.63) is 41.5 Å². The highest BCUT2D eigenvalue weighted by Crippen LogP contribution is 2.35. The molecule has 1 aromatic rings. The molecule has 0 amide bonds. The molecule has 19 heavy (non-hydrogen) atoms. The molecule has 0 aromatic heterocycles. The van der Waals surface area contributed by atoms with E-state index in [1.165, 1.54) is 30.4 Å². The number of phenols is 1. The summed E-state index contributed by atoms with van der Waals surface area (Å²) in [5, 5.41) is 10.1. The minimum atomic E-state index is 0.0542. The fourth-order valence-electron chi connectivity index (χ4n) is 2.74. The molecule has 0 aliphatic heterocycles. The molecule has 0 fully saturated rings. The van der Waals surface area contributed by atoms with Gasteiger partial charge < -0.3 is 5.11 Å². The van der Waals surface area contributed by atoms with Crippen molar-refractivity contribution in [2.75, 3.05) is 0 Å². The van der Waals surface area contributed by atoms with E-state index in [0.717, 1.165) is 18.4 Å². The van der Waals surface area contributed by atoms with Gasteiger partial charge in [0.1, 0.15) is 5.75 Å². The van der Waals surface area contributed by atoms with Gasteiger partial charge in [0.2, 0.25) is 0 Å². The molecule has 1 heteroatoms. The van der Waals surface area contributed by atoms with Crippen LogP contribution in [0.5, 0.6) is 5.75 Å². The van der Waals surface area contributed by atoms with Gasteiger partial charge in [-0.05, 0) is 41.9 Å². The monoisotopic (exact) mass is 260 g/mol. The van der Waals surface area contributed by atoms with Gasteiger partial charge in [-0.2, -0.15) is 0 Å². The minimum absolute atomic E-state index is 0.0542. The molecule has 1 N–H and O–H groups in total. The van der Waals surface area contributed by atoms with Gasteiger partial charge in [-0.15, -0.1) is 6.58 Å². The van der Waals surface area contributed by atoms with E-state index in [1.807, 2.05) is 12.1 Å². The Morgan fingerprint density at radius 3 is 2.42 bits per heavy atom. The van der Waals surface area contributed by atoms with Crippen molar-refractivity contribution in [3.63, 3.8) is 0 Å². The van der Waals surface area contributed by atoms with Crippen molar-refractivity contribution in [1.82, 2.24) is 0 Å². The number of hydrogen-bond donors (Lipinski definition) is 1. The summed E-state index contributed by atoms with van der Waals surface area (Å²) in [5.41, 5.74) is 3.80. The number of rotatable bonds is 6. The predicted octanol–water partition coefficient (Wildman–Crippen LogP) is 5.15. The Balaban J connectivity index is 3.22. The van der Waals surface area contributed by atoms with Crippen LogP contribution in [0.3, 0.4) is 0 Å². The van der Waals surface area contributed by atoms with Crippen molar-refractivity contribution in [2.45, 2.75) is 65.2 Å². The van der Waals surface area contributed by atoms with Crippen LogP contribution in [0.25, 0.3) is 0 Å². The van der Waals surface area contributed by atoms with Crippen LogP contribution in [0.15, 0.2) is 24.8 Å². The molecule has 106 valence electrons. The molecular weight excluding hydrogens is 232 g/mol. The molecule has 0 radical (unpaired) electrons. The molecule has 1 nitrogen and oxygen atoms in total. The maximum absolute atomic E-state index is 10.1. The summed E-state index contributed by atoms with van der Waals surface area (Å²) in [6.07, 6.45) is 7.44. The molecule has 0 atom stereocenters. The summed E-state index contributed by atoms with van der Waals surface area (Å²) in [5.74, 6) is 0.407. The van der Waals surface area contributed by atoms with Crippen molar-refractivity contribution in [2.24, 2.45) is 0 Å². The van der Waals surface area contributed by atoms with Crippen molar-refractivity contribution >= 4 is 0 Å². The fraction of sp³-hybridized carbons (Fsp3) is 0.556. The second-order valence-electron chi connectivity index (χ2n) is 6.30. The summed E-state index contributed by atoms with van der Waals surface area (Å²) >= 11 is 0. The van der Waals surface area contributed by atoms with E-state index in [-0.39, 0.29) is 5.41 Å². The lowest BCUT2D eigenvalue weighted by Crippen LogP contribution is -2.17. The van der Waals surface area contributed by atoms with E-state index in [4.69, 9.17) is 0 Å². The van der Waals surface area contributed by atoms with Crippen molar-refractivity contribution in [3.8, 4) is 5.75 Å². The summed E-state index contributed by atoms with van der Waals surface area (Å²) in [6, 6.07) is 3.94. The van der Waals surface area contributed by atoms with Crippen molar-refractivity contribution < 1.29 is 5.11 Å². The van der Waals surface area contributed by atoms with Crippen LogP contribution in [0, 0.1) is 0 Å². The van der Waals surface area contributed by atoms with Gasteiger partial charge in [-0.3, -0.25) is 0 Å². The average molecular weight is 260 g/mol. The van der Waals surface area contributed by atoms with Gasteiger partial charge in [0.25, 0.3) is 0 Å². The Bertz CT molecular complexity index is 424. The lowest BCUT2D eigenvalue weighted by atomic mass is 9.78. The largest absolute Gasteiger partial charge is 0.508 e. The first-order valence-corrected chi connectivity index (χ1v) is 7.37. The topological polar surface area (TPSA) is 20.2 Å². The highest BCUT2D eigenvalue weighted by molar-refractivity contribution is 5.48. The Labute approximate surface area is 118 Å². The second kappa shape index (κ2) is 6.79. The number of allylic oxidation sites excluding steroid dienone is 1. The van der Waals surface area contributed by atoms with E-state index < -0.39 is 0 Å². The minimum Gasteiger partial charge on any atom is -0.508 e. The van der Waals surface area contributed by atoms with E-state index in [2.05, 4.69) is 40.3 Å². The first-order valence-electron chi connectivity index (χ1n) is 7.37. The van der Waals surface area contributed by atoms with Gasteiger partial charge in [0.05, 0.1) is 0 Å². The molecule has 1 aromatic carbocycles. The summed E-state index contributed by atoms with van der Waals surface area (Å²) in [4.78, 5) is 0. The molecule has 0 spiro atoms. The van der Waals surface area contributed by atoms with Gasteiger partial charge in [-0.25, -0.2) is 0 Å². The molecule has 0 heterocycles. The van der Waals surface area contributed by atoms with E-state index >= 15 is 0 Å². The fourth-order valence-corrected chi connectivity index (χ4v) is 2.74. The Morgan fingerprint density at radius 2 is 1.89 bits per heavy atom. The van der Waals surface area contributed by atoms with Crippen LogP contribution in [0.4, 0.5) is 0 Å². The van der Waals surface area contributed by atoms with Gasteiger partial charge >= 0.3 is 0 Å². The Morgan fingerprint density at radius 1 is 1.21 bits per heavy atom. The Kier molecular flexibility index (Phi) is 5.65. The third kappa shape index (κ3) is 4.12. The number of benzene rings is 1. The molecule has 0 aliphatic rings. The number of unbranched alkanes of at least 4 members (excludes halogenated alkanes) is 2. The van der Waals surface area contributed by atoms with E-state index in [1.54, 1.807) is 0 Å². The molecule has 0 saturated heterocycles. The molecule has 0 unspecified atom stereocenters. The van der Waals surface area contributed by atoms with Crippen LogP contribution in [-0.2, 0) is 18.3 Å². The average Bonchev–Trinajstić information content (AvgIpc) is 2.32. The molecule has 0 bridgehead atoms. The van der Waals surface area contributed by atoms with E-state index in [0.29, 0.717) is 5.75 Å². The number of aryl methyl sites for hydroxylation is 1. The predicted molar refractivity (Wildman–Crippen MR) is 83.9 cm³/mol. The number of aromatic hydroxyl groups is 1. The second-order valence-corrected chi connectivity index (χ2v) is 6.30. The first-order chi connectivity index (χ1) is 8.91. The summed E-state index contributed by atoms with van der Waals surface area (Å²) in [7, 11) is 0. The maximum atomic E-state index is 10.1. The van der Waals surface area contributed by atoms with Crippen LogP contribution < -0.4 is 0 Å². The van der Waals surface area contributed by atoms with Gasteiger partial charge in [0, 0.05) is 5.56 Å². The van der Waals surface area contributed by atoms with E-state index in [9.17, 15) is 5.11 Å². The normalized spacial score (nSPS) is 11.6. The standard InChI is InChI=1S/C18H28O/c1-6-8-9-11-14-12-13-16(19)15(10-7-2)17(14)18(3,4)5/h7,12-13,19H,2,6,8-11H2,1,3-5H3. The third-order valence-corrected chi connectivity index (χ3v) is 3.52. The lowest BCUT2D eigenvalue weighted by molar-refractivity contribution is 0.462. The smallest absolute Gasteiger partial charge is 0.119 e. The summed E-state index contributed by atoms with van der Waals surface area (Å²) in [6.45, 7) is 12.7. The number of hydrogen-bond acceptors (Lipinski definition) is 1. The van der Waals surface area contributed by atoms with Crippen LogP contribution >= 0.6 is 0 Å².